The number of amides is 3. The number of carbonyl (C=O) groups is 2. The number of hydrogen-bond donors (Lipinski definition) is 2. The lowest BCUT2D eigenvalue weighted by Crippen LogP contribution is -2.61. The van der Waals surface area contributed by atoms with Crippen LogP contribution in [0.25, 0.3) is 0 Å². The van der Waals surface area contributed by atoms with Gasteiger partial charge in [0, 0.05) is 37.3 Å². The number of alkyl halides is 6. The number of nitrogens with one attached hydrogen (secondary N) is 1. The second-order valence-corrected chi connectivity index (χ2v) is 11.5. The van der Waals surface area contributed by atoms with Gasteiger partial charge in [-0.2, -0.15) is 26.3 Å². The number of rotatable bonds is 3. The van der Waals surface area contributed by atoms with Crippen LogP contribution >= 0.6 is 23.2 Å². The molecule has 0 radical (unpaired) electrons. The number of nitrogens with zero attached hydrogens (tertiary/aromatic N) is 2. The maximum atomic E-state index is 13.4. The van der Waals surface area contributed by atoms with Crippen LogP contribution in [0.15, 0.2) is 36.4 Å². The molecule has 1 saturated heterocycles. The second kappa shape index (κ2) is 11.2. The molecule has 0 spiro atoms. The van der Waals surface area contributed by atoms with Crippen LogP contribution in [-0.4, -0.2) is 47.8 Å². The zero-order valence-corrected chi connectivity index (χ0v) is 23.3. The molecule has 0 aliphatic carbocycles. The van der Waals surface area contributed by atoms with Crippen LogP contribution in [0.4, 0.5) is 41.6 Å². The summed E-state index contributed by atoms with van der Waals surface area (Å²) in [5.74, 6) is -0.691. The monoisotopic (exact) mass is 613 g/mol. The first-order valence-corrected chi connectivity index (χ1v) is 12.8. The van der Waals surface area contributed by atoms with Gasteiger partial charge < -0.3 is 15.3 Å². The number of hydrogen-bond acceptors (Lipinski definition) is 2. The number of anilines is 1. The number of benzene rings is 2. The first-order chi connectivity index (χ1) is 18.2. The van der Waals surface area contributed by atoms with E-state index in [1.807, 2.05) is 20.8 Å². The highest BCUT2D eigenvalue weighted by molar-refractivity contribution is 6.42. The standard InChI is InChI=1S/C26H27Cl2F6N3O3/c1-24(2,3)21-20(13-5-6-17(27)18(28)9-13)19(7-8-37(21)23(39)40)35-22(38)36(4)16-11-14(25(29,30)31)10-15(12-16)26(32,33)34/h5-6,9-12,19-21H,7-8H2,1-4H3,(H,35,38)(H,39,40)/t19-,20-,21?/m1/s1. The van der Waals surface area contributed by atoms with Gasteiger partial charge in [0.25, 0.3) is 0 Å². The molecule has 0 aromatic heterocycles. The minimum atomic E-state index is -5.09. The Morgan fingerprint density at radius 3 is 1.95 bits per heavy atom. The van der Waals surface area contributed by atoms with E-state index in [9.17, 15) is 41.0 Å². The van der Waals surface area contributed by atoms with Gasteiger partial charge in [0.05, 0.1) is 21.2 Å². The van der Waals surface area contributed by atoms with Crippen LogP contribution in [0.1, 0.15) is 49.8 Å². The summed E-state index contributed by atoms with van der Waals surface area (Å²) in [7, 11) is 1.05. The van der Waals surface area contributed by atoms with Gasteiger partial charge in [-0.05, 0) is 47.7 Å². The van der Waals surface area contributed by atoms with Crippen LogP contribution < -0.4 is 10.2 Å². The zero-order chi connectivity index (χ0) is 30.4. The van der Waals surface area contributed by atoms with E-state index < -0.39 is 64.7 Å². The molecule has 1 aliphatic heterocycles. The molecule has 1 aliphatic rings. The lowest BCUT2D eigenvalue weighted by atomic mass is 9.69. The van der Waals surface area contributed by atoms with Gasteiger partial charge in [0.15, 0.2) is 0 Å². The predicted molar refractivity (Wildman–Crippen MR) is 139 cm³/mol. The van der Waals surface area contributed by atoms with E-state index in [0.29, 0.717) is 22.6 Å². The molecule has 2 N–H and O–H groups in total. The van der Waals surface area contributed by atoms with Crippen molar-refractivity contribution in [3.63, 3.8) is 0 Å². The zero-order valence-electron chi connectivity index (χ0n) is 21.8. The van der Waals surface area contributed by atoms with Crippen molar-refractivity contribution in [3.8, 4) is 0 Å². The van der Waals surface area contributed by atoms with E-state index in [0.717, 1.165) is 7.05 Å². The Labute approximate surface area is 236 Å². The van der Waals surface area contributed by atoms with E-state index in [1.165, 1.54) is 11.0 Å². The number of carboxylic acid groups (broad SMARTS) is 1. The molecule has 14 heteroatoms. The number of halogens is 8. The first-order valence-electron chi connectivity index (χ1n) is 12.0. The summed E-state index contributed by atoms with van der Waals surface area (Å²) >= 11 is 12.3. The lowest BCUT2D eigenvalue weighted by molar-refractivity contribution is -0.143. The Hall–Kier alpha value is -2.86. The van der Waals surface area contributed by atoms with Crippen molar-refractivity contribution in [2.45, 2.75) is 57.5 Å². The summed E-state index contributed by atoms with van der Waals surface area (Å²) in [6.07, 6.45) is -11.2. The predicted octanol–water partition coefficient (Wildman–Crippen LogP) is 8.13. The van der Waals surface area contributed by atoms with Gasteiger partial charge in [-0.25, -0.2) is 9.59 Å². The molecule has 2 aromatic carbocycles. The van der Waals surface area contributed by atoms with Crippen LogP contribution in [0.5, 0.6) is 0 Å². The molecule has 0 bridgehead atoms. The summed E-state index contributed by atoms with van der Waals surface area (Å²) in [5, 5.41) is 13.1. The molecule has 1 fully saturated rings. The third-order valence-corrected chi connectivity index (χ3v) is 7.56. The first kappa shape index (κ1) is 31.7. The van der Waals surface area contributed by atoms with Gasteiger partial charge >= 0.3 is 24.5 Å². The van der Waals surface area contributed by atoms with Gasteiger partial charge in [0.2, 0.25) is 0 Å². The highest BCUT2D eigenvalue weighted by atomic mass is 35.5. The Bertz CT molecular complexity index is 1250. The van der Waals surface area contributed by atoms with Crippen molar-refractivity contribution in [2.24, 2.45) is 5.41 Å². The van der Waals surface area contributed by atoms with Gasteiger partial charge in [-0.3, -0.25) is 4.90 Å². The van der Waals surface area contributed by atoms with E-state index in [2.05, 4.69) is 5.32 Å². The minimum Gasteiger partial charge on any atom is -0.465 e. The van der Waals surface area contributed by atoms with Crippen LogP contribution in [0, 0.1) is 5.41 Å². The highest BCUT2D eigenvalue weighted by Gasteiger charge is 2.47. The Balaban J connectivity index is 2.04. The summed E-state index contributed by atoms with van der Waals surface area (Å²) in [4.78, 5) is 27.3. The van der Waals surface area contributed by atoms with Crippen LogP contribution in [-0.2, 0) is 12.4 Å². The summed E-state index contributed by atoms with van der Waals surface area (Å²) in [6, 6.07) is 3.15. The van der Waals surface area contributed by atoms with E-state index >= 15 is 0 Å². The minimum absolute atomic E-state index is 0.0194. The third-order valence-electron chi connectivity index (χ3n) is 6.83. The van der Waals surface area contributed by atoms with Crippen LogP contribution in [0.3, 0.4) is 0 Å². The lowest BCUT2D eigenvalue weighted by Gasteiger charge is -2.50. The molecule has 1 unspecified atom stereocenters. The number of likely N-dealkylation sites (tertiary alicyclic amines) is 1. The molecular weight excluding hydrogens is 587 g/mol. The largest absolute Gasteiger partial charge is 0.465 e. The second-order valence-electron chi connectivity index (χ2n) is 10.7. The Morgan fingerprint density at radius 1 is 0.950 bits per heavy atom. The topological polar surface area (TPSA) is 72.9 Å². The summed E-state index contributed by atoms with van der Waals surface area (Å²) in [6.45, 7) is 5.47. The third kappa shape index (κ3) is 6.88. The molecular formula is C26H27Cl2F6N3O3. The molecule has 3 amide bonds. The van der Waals surface area contributed by atoms with Crippen molar-refractivity contribution < 1.29 is 41.0 Å². The maximum Gasteiger partial charge on any atom is 0.416 e. The SMILES string of the molecule is CN(C(=O)N[C@@H]1CCN(C(=O)O)C(C(C)(C)C)[C@@H]1c1ccc(Cl)c(Cl)c1)c1cc(C(F)(F)F)cc(C(F)(F)F)c1. The molecule has 0 saturated carbocycles. The average molecular weight is 614 g/mol. The Morgan fingerprint density at radius 2 is 1.50 bits per heavy atom. The number of piperidine rings is 1. The highest BCUT2D eigenvalue weighted by Crippen LogP contribution is 2.43. The van der Waals surface area contributed by atoms with Crippen molar-refractivity contribution >= 4 is 41.0 Å². The fourth-order valence-electron chi connectivity index (χ4n) is 5.03. The molecule has 220 valence electrons. The molecule has 1 heterocycles. The van der Waals surface area contributed by atoms with E-state index in [4.69, 9.17) is 23.2 Å². The normalized spacial score (nSPS) is 20.3. The van der Waals surface area contributed by atoms with Crippen molar-refractivity contribution in [2.75, 3.05) is 18.5 Å². The summed E-state index contributed by atoms with van der Waals surface area (Å²) in [5.41, 5.74) is -3.86. The average Bonchev–Trinajstić information content (AvgIpc) is 2.82. The molecule has 40 heavy (non-hydrogen) atoms. The van der Waals surface area contributed by atoms with Gasteiger partial charge in [0.1, 0.15) is 0 Å². The molecule has 3 atom stereocenters. The van der Waals surface area contributed by atoms with Crippen LogP contribution in [0.2, 0.25) is 10.0 Å². The van der Waals surface area contributed by atoms with Crippen molar-refractivity contribution in [1.82, 2.24) is 10.2 Å². The number of carbonyl (C=O) groups excluding carboxylic acids is 1. The van der Waals surface area contributed by atoms with Crippen molar-refractivity contribution in [1.29, 1.82) is 0 Å². The van der Waals surface area contributed by atoms with E-state index in [-0.39, 0.29) is 29.1 Å². The maximum absolute atomic E-state index is 13.4. The fraction of sp³-hybridized carbons (Fsp3) is 0.462. The summed E-state index contributed by atoms with van der Waals surface area (Å²) < 4.78 is 80.2. The molecule has 2 aromatic rings. The fourth-order valence-corrected chi connectivity index (χ4v) is 5.34. The smallest absolute Gasteiger partial charge is 0.416 e. The number of urea groups is 1. The van der Waals surface area contributed by atoms with Gasteiger partial charge in [-0.1, -0.05) is 50.0 Å². The van der Waals surface area contributed by atoms with Crippen molar-refractivity contribution in [3.05, 3.63) is 63.1 Å². The Kier molecular flexibility index (Phi) is 8.86. The van der Waals surface area contributed by atoms with Gasteiger partial charge in [-0.15, -0.1) is 0 Å². The van der Waals surface area contributed by atoms with E-state index in [1.54, 1.807) is 12.1 Å². The molecule has 6 nitrogen and oxygen atoms in total. The quantitative estimate of drug-likeness (QED) is 0.343. The molecule has 3 rings (SSSR count).